The molecule has 0 aromatic heterocycles. The Balaban J connectivity index is 1.95. The number of likely N-dealkylation sites (N-methyl/N-ethyl adjacent to an activating group) is 1. The lowest BCUT2D eigenvalue weighted by molar-refractivity contribution is -0.0481. The van der Waals surface area contributed by atoms with Crippen LogP contribution in [0, 0.1) is 0 Å². The average Bonchev–Trinajstić information content (AvgIpc) is 3.45. The molecule has 0 radical (unpaired) electrons. The van der Waals surface area contributed by atoms with Gasteiger partial charge < -0.3 is 9.47 Å². The molecule has 1 aliphatic heterocycles. The molecule has 0 aliphatic carbocycles. The van der Waals surface area contributed by atoms with Crippen LogP contribution in [0.25, 0.3) is 0 Å². The van der Waals surface area contributed by atoms with Crippen molar-refractivity contribution in [1.29, 1.82) is 0 Å². The van der Waals surface area contributed by atoms with E-state index in [0.29, 0.717) is 0 Å². The van der Waals surface area contributed by atoms with E-state index >= 15 is 0 Å². The fraction of sp³-hybridized carbons (Fsp3) is 0.810. The lowest BCUT2D eigenvalue weighted by Gasteiger charge is -2.20. The molecule has 262 valence electrons. The fourth-order valence-electron chi connectivity index (χ4n) is 6.05. The SMILES string of the molecule is CCCCCC=CCC=CCCCCCCCCOC1CN(CC)CC1OCCCCCCCCC=CCC=CCCCCC. The molecule has 0 bridgehead atoms. The van der Waals surface area contributed by atoms with Crippen LogP contribution in [-0.2, 0) is 9.47 Å². The number of likely N-dealkylation sites (tertiary alicyclic amines) is 1. The van der Waals surface area contributed by atoms with Crippen LogP contribution in [0.1, 0.15) is 175 Å². The second-order valence-electron chi connectivity index (χ2n) is 13.3. The van der Waals surface area contributed by atoms with Crippen LogP contribution in [0.2, 0.25) is 0 Å². The molecule has 0 N–H and O–H groups in total. The Hall–Kier alpha value is -1.16. The highest BCUT2D eigenvalue weighted by molar-refractivity contribution is 4.93. The van der Waals surface area contributed by atoms with Crippen molar-refractivity contribution >= 4 is 0 Å². The molecule has 2 atom stereocenters. The minimum absolute atomic E-state index is 0.257. The van der Waals surface area contributed by atoms with Crippen molar-refractivity contribution in [2.45, 2.75) is 187 Å². The summed E-state index contributed by atoms with van der Waals surface area (Å²) in [6.45, 7) is 11.7. The van der Waals surface area contributed by atoms with E-state index in [0.717, 1.165) is 45.7 Å². The summed E-state index contributed by atoms with van der Waals surface area (Å²) in [5.74, 6) is 0. The van der Waals surface area contributed by atoms with E-state index in [2.05, 4.69) is 74.3 Å². The summed E-state index contributed by atoms with van der Waals surface area (Å²) in [6, 6.07) is 0. The van der Waals surface area contributed by atoms with Gasteiger partial charge in [0, 0.05) is 26.3 Å². The van der Waals surface area contributed by atoms with E-state index < -0.39 is 0 Å². The maximum absolute atomic E-state index is 6.36. The van der Waals surface area contributed by atoms with Crippen LogP contribution in [0.4, 0.5) is 0 Å². The maximum atomic E-state index is 6.36. The summed E-state index contributed by atoms with van der Waals surface area (Å²) in [7, 11) is 0. The Morgan fingerprint density at radius 2 is 0.756 bits per heavy atom. The van der Waals surface area contributed by atoms with Crippen molar-refractivity contribution in [3.63, 3.8) is 0 Å². The minimum atomic E-state index is 0.257. The minimum Gasteiger partial charge on any atom is -0.374 e. The molecule has 1 aliphatic rings. The van der Waals surface area contributed by atoms with Gasteiger partial charge in [-0.2, -0.15) is 0 Å². The van der Waals surface area contributed by atoms with Crippen LogP contribution in [0.5, 0.6) is 0 Å². The van der Waals surface area contributed by atoms with Gasteiger partial charge in [0.2, 0.25) is 0 Å². The molecule has 1 fully saturated rings. The molecule has 0 aromatic carbocycles. The van der Waals surface area contributed by atoms with E-state index in [1.807, 2.05) is 0 Å². The highest BCUT2D eigenvalue weighted by atomic mass is 16.5. The average molecular weight is 628 g/mol. The molecule has 1 saturated heterocycles. The number of ether oxygens (including phenoxy) is 2. The monoisotopic (exact) mass is 628 g/mol. The van der Waals surface area contributed by atoms with Crippen LogP contribution >= 0.6 is 0 Å². The van der Waals surface area contributed by atoms with Gasteiger partial charge in [0.25, 0.3) is 0 Å². The molecular weight excluding hydrogens is 550 g/mol. The molecule has 3 nitrogen and oxygen atoms in total. The van der Waals surface area contributed by atoms with E-state index in [9.17, 15) is 0 Å². The molecular formula is C42H77NO2. The van der Waals surface area contributed by atoms with Gasteiger partial charge in [-0.1, -0.05) is 146 Å². The number of hydrogen-bond donors (Lipinski definition) is 0. The molecule has 0 aromatic rings. The second-order valence-corrected chi connectivity index (χ2v) is 13.3. The van der Waals surface area contributed by atoms with Gasteiger partial charge in [0.05, 0.1) is 12.2 Å². The fourth-order valence-corrected chi connectivity index (χ4v) is 6.05. The first kappa shape index (κ1) is 41.9. The first-order valence-electron chi connectivity index (χ1n) is 19.9. The van der Waals surface area contributed by atoms with E-state index in [-0.39, 0.29) is 12.2 Å². The molecule has 0 saturated carbocycles. The molecule has 45 heavy (non-hydrogen) atoms. The summed E-state index contributed by atoms with van der Waals surface area (Å²) in [4.78, 5) is 2.49. The first-order valence-corrected chi connectivity index (χ1v) is 19.9. The van der Waals surface area contributed by atoms with Crippen molar-refractivity contribution in [2.75, 3.05) is 32.8 Å². The van der Waals surface area contributed by atoms with E-state index in [1.54, 1.807) is 0 Å². The van der Waals surface area contributed by atoms with Crippen molar-refractivity contribution in [3.05, 3.63) is 48.6 Å². The van der Waals surface area contributed by atoms with Crippen molar-refractivity contribution in [3.8, 4) is 0 Å². The van der Waals surface area contributed by atoms with Crippen LogP contribution in [-0.4, -0.2) is 50.0 Å². The molecule has 0 amide bonds. The van der Waals surface area contributed by atoms with Gasteiger partial charge >= 0.3 is 0 Å². The highest BCUT2D eigenvalue weighted by Gasteiger charge is 2.33. The van der Waals surface area contributed by atoms with E-state index in [1.165, 1.54) is 141 Å². The third-order valence-corrected chi connectivity index (χ3v) is 9.09. The van der Waals surface area contributed by atoms with Crippen LogP contribution in [0.15, 0.2) is 48.6 Å². The third kappa shape index (κ3) is 27.6. The Kier molecular flexibility index (Phi) is 31.8. The molecule has 1 rings (SSSR count). The quantitative estimate of drug-likeness (QED) is 0.0534. The van der Waals surface area contributed by atoms with E-state index in [4.69, 9.17) is 9.47 Å². The topological polar surface area (TPSA) is 21.7 Å². The number of allylic oxidation sites excluding steroid dienone is 8. The summed E-state index contributed by atoms with van der Waals surface area (Å²) < 4.78 is 12.7. The van der Waals surface area contributed by atoms with Crippen molar-refractivity contribution in [2.24, 2.45) is 0 Å². The smallest absolute Gasteiger partial charge is 0.0975 e. The Morgan fingerprint density at radius 1 is 0.422 bits per heavy atom. The predicted molar refractivity (Wildman–Crippen MR) is 200 cm³/mol. The molecule has 0 spiro atoms. The standard InChI is InChI=1S/C42H77NO2/c1-4-7-9-11-13-15-17-19-21-23-25-27-29-31-33-35-37-44-41-39-43(6-3)40-42(41)45-38-36-34-32-30-28-26-24-22-20-18-16-14-12-10-8-5-2/h13-16,19-22,41-42H,4-12,17-18,23-40H2,1-3H3. The number of rotatable bonds is 33. The third-order valence-electron chi connectivity index (χ3n) is 9.09. The summed E-state index contributed by atoms with van der Waals surface area (Å²) >= 11 is 0. The lowest BCUT2D eigenvalue weighted by atomic mass is 10.1. The summed E-state index contributed by atoms with van der Waals surface area (Å²) in [5, 5.41) is 0. The number of hydrogen-bond acceptors (Lipinski definition) is 3. The van der Waals surface area contributed by atoms with Gasteiger partial charge in [-0.25, -0.2) is 0 Å². The summed E-state index contributed by atoms with van der Waals surface area (Å²) in [5.41, 5.74) is 0. The zero-order valence-electron chi connectivity index (χ0n) is 30.5. The van der Waals surface area contributed by atoms with Gasteiger partial charge in [-0.15, -0.1) is 0 Å². The van der Waals surface area contributed by atoms with Gasteiger partial charge in [0.15, 0.2) is 0 Å². The highest BCUT2D eigenvalue weighted by Crippen LogP contribution is 2.19. The van der Waals surface area contributed by atoms with Crippen molar-refractivity contribution in [1.82, 2.24) is 4.90 Å². The zero-order chi connectivity index (χ0) is 32.3. The number of unbranched alkanes of at least 4 members (excludes halogenated alkanes) is 18. The number of nitrogens with zero attached hydrogens (tertiary/aromatic N) is 1. The Morgan fingerprint density at radius 3 is 1.11 bits per heavy atom. The van der Waals surface area contributed by atoms with Crippen molar-refractivity contribution < 1.29 is 9.47 Å². The molecule has 2 unspecified atom stereocenters. The zero-order valence-corrected chi connectivity index (χ0v) is 30.5. The second kappa shape index (κ2) is 34.2. The normalized spacial score (nSPS) is 17.8. The largest absolute Gasteiger partial charge is 0.374 e. The van der Waals surface area contributed by atoms with Gasteiger partial charge in [-0.3, -0.25) is 4.90 Å². The first-order chi connectivity index (χ1) is 22.3. The summed E-state index contributed by atoms with van der Waals surface area (Å²) in [6.07, 6.45) is 50.2. The maximum Gasteiger partial charge on any atom is 0.0975 e. The molecule has 3 heteroatoms. The Labute approximate surface area is 282 Å². The lowest BCUT2D eigenvalue weighted by Crippen LogP contribution is -2.30. The predicted octanol–water partition coefficient (Wildman–Crippen LogP) is 12.7. The van der Waals surface area contributed by atoms with Crippen LogP contribution < -0.4 is 0 Å². The van der Waals surface area contributed by atoms with Crippen LogP contribution in [0.3, 0.4) is 0 Å². The van der Waals surface area contributed by atoms with Gasteiger partial charge in [-0.05, 0) is 83.6 Å². The Bertz CT molecular complexity index is 653. The molecule has 1 heterocycles. The van der Waals surface area contributed by atoms with Gasteiger partial charge in [0.1, 0.15) is 0 Å².